The van der Waals surface area contributed by atoms with Crippen LogP contribution in [-0.4, -0.2) is 48.6 Å². The summed E-state index contributed by atoms with van der Waals surface area (Å²) in [7, 11) is 2.23. The van der Waals surface area contributed by atoms with E-state index in [1.165, 1.54) is 64.7 Å². The first-order valence-corrected chi connectivity index (χ1v) is 6.81. The Morgan fingerprint density at radius 1 is 1.06 bits per heavy atom. The van der Waals surface area contributed by atoms with Gasteiger partial charge in [0.25, 0.3) is 0 Å². The van der Waals surface area contributed by atoms with E-state index in [9.17, 15) is 0 Å². The molecule has 2 rings (SSSR count). The Bertz CT molecular complexity index is 228. The zero-order valence-electron chi connectivity index (χ0n) is 11.2. The number of hydrogen-bond acceptors (Lipinski definition) is 2. The molecule has 17 heavy (non-hydrogen) atoms. The average Bonchev–Trinajstić information content (AvgIpc) is 2.31. The number of rotatable bonds is 3. The zero-order chi connectivity index (χ0) is 11.4. The molecule has 2 fully saturated rings. The van der Waals surface area contributed by atoms with Crippen molar-refractivity contribution in [3.63, 3.8) is 0 Å². The van der Waals surface area contributed by atoms with Crippen molar-refractivity contribution in [1.29, 1.82) is 0 Å². The Hall–Kier alpha value is -0.0500. The minimum Gasteiger partial charge on any atom is -0.304 e. The lowest BCUT2D eigenvalue weighted by molar-refractivity contribution is 0.0153. The van der Waals surface area contributed by atoms with Gasteiger partial charge in [-0.05, 0) is 26.3 Å². The highest BCUT2D eigenvalue weighted by Gasteiger charge is 2.37. The molecule has 0 spiro atoms. The Morgan fingerprint density at radius 3 is 2.18 bits per heavy atom. The van der Waals surface area contributed by atoms with Crippen LogP contribution < -0.4 is 0 Å². The Kier molecular flexibility index (Phi) is 5.98. The fourth-order valence-corrected chi connectivity index (χ4v) is 3.41. The molecule has 1 aliphatic heterocycles. The first kappa shape index (κ1) is 15.0. The fraction of sp³-hybridized carbons (Fsp3) is 0.857. The fourth-order valence-electron chi connectivity index (χ4n) is 3.41. The summed E-state index contributed by atoms with van der Waals surface area (Å²) >= 11 is 0. The van der Waals surface area contributed by atoms with Gasteiger partial charge in [-0.2, -0.15) is 0 Å². The van der Waals surface area contributed by atoms with E-state index in [1.807, 2.05) is 0 Å². The van der Waals surface area contributed by atoms with Crippen molar-refractivity contribution in [2.24, 2.45) is 0 Å². The first-order chi connectivity index (χ1) is 7.77. The molecule has 0 aromatic heterocycles. The molecule has 1 saturated carbocycles. The van der Waals surface area contributed by atoms with Gasteiger partial charge in [-0.15, -0.1) is 19.0 Å². The van der Waals surface area contributed by atoms with Crippen LogP contribution in [0.1, 0.15) is 38.5 Å². The van der Waals surface area contributed by atoms with Crippen LogP contribution in [0.5, 0.6) is 0 Å². The molecule has 1 saturated heterocycles. The molecule has 0 N–H and O–H groups in total. The maximum atomic E-state index is 3.97. The van der Waals surface area contributed by atoms with Crippen LogP contribution in [0.15, 0.2) is 12.7 Å². The van der Waals surface area contributed by atoms with E-state index < -0.39 is 0 Å². The lowest BCUT2D eigenvalue weighted by atomic mass is 9.77. The lowest BCUT2D eigenvalue weighted by Crippen LogP contribution is -2.57. The molecule has 0 aromatic rings. The highest BCUT2D eigenvalue weighted by molar-refractivity contribution is 5.85. The third-order valence-electron chi connectivity index (χ3n) is 4.48. The quantitative estimate of drug-likeness (QED) is 0.719. The standard InChI is InChI=1S/C14H26N2.ClH/c1-3-7-14(8-5-4-6-9-14)16-12-10-15(2)11-13-16;/h3H,1,4-13H2,2H3;1H. The van der Waals surface area contributed by atoms with Gasteiger partial charge in [-0.1, -0.05) is 25.3 Å². The van der Waals surface area contributed by atoms with Gasteiger partial charge in [0.15, 0.2) is 0 Å². The van der Waals surface area contributed by atoms with Gasteiger partial charge in [-0.25, -0.2) is 0 Å². The monoisotopic (exact) mass is 258 g/mol. The van der Waals surface area contributed by atoms with Crippen molar-refractivity contribution in [1.82, 2.24) is 9.80 Å². The van der Waals surface area contributed by atoms with Crippen LogP contribution >= 0.6 is 12.4 Å². The summed E-state index contributed by atoms with van der Waals surface area (Å²) in [4.78, 5) is 5.20. The first-order valence-electron chi connectivity index (χ1n) is 6.81. The SMILES string of the molecule is C=CCC1(N2CCN(C)CC2)CCCCC1.Cl. The van der Waals surface area contributed by atoms with Crippen LogP contribution in [-0.2, 0) is 0 Å². The largest absolute Gasteiger partial charge is 0.304 e. The molecular weight excluding hydrogens is 232 g/mol. The topological polar surface area (TPSA) is 6.48 Å². The van der Waals surface area contributed by atoms with Crippen molar-refractivity contribution in [2.45, 2.75) is 44.1 Å². The maximum absolute atomic E-state index is 3.97. The van der Waals surface area contributed by atoms with E-state index in [0.717, 1.165) is 0 Å². The number of halogens is 1. The molecule has 0 aromatic carbocycles. The van der Waals surface area contributed by atoms with Gasteiger partial charge in [-0.3, -0.25) is 4.90 Å². The van der Waals surface area contributed by atoms with Crippen LogP contribution in [0.4, 0.5) is 0 Å². The normalized spacial score (nSPS) is 26.2. The average molecular weight is 259 g/mol. The Labute approximate surface area is 112 Å². The minimum atomic E-state index is 0. The summed E-state index contributed by atoms with van der Waals surface area (Å²) in [5, 5.41) is 0. The summed E-state index contributed by atoms with van der Waals surface area (Å²) in [6.45, 7) is 8.95. The molecule has 0 radical (unpaired) electrons. The van der Waals surface area contributed by atoms with Gasteiger partial charge >= 0.3 is 0 Å². The van der Waals surface area contributed by atoms with E-state index >= 15 is 0 Å². The molecule has 0 unspecified atom stereocenters. The van der Waals surface area contributed by atoms with Crippen molar-refractivity contribution < 1.29 is 0 Å². The van der Waals surface area contributed by atoms with Crippen LogP contribution in [0.2, 0.25) is 0 Å². The summed E-state index contributed by atoms with van der Waals surface area (Å²) in [5.41, 5.74) is 0.473. The molecular formula is C14H27ClN2. The van der Waals surface area contributed by atoms with Crippen LogP contribution in [0, 0.1) is 0 Å². The lowest BCUT2D eigenvalue weighted by Gasteiger charge is -2.49. The number of likely N-dealkylation sites (N-methyl/N-ethyl adjacent to an activating group) is 1. The second kappa shape index (κ2) is 6.77. The van der Waals surface area contributed by atoms with Crippen LogP contribution in [0.3, 0.4) is 0 Å². The third-order valence-corrected chi connectivity index (χ3v) is 4.48. The molecule has 1 aliphatic carbocycles. The maximum Gasteiger partial charge on any atom is 0.0244 e. The number of nitrogens with zero attached hydrogens (tertiary/aromatic N) is 2. The highest BCUT2D eigenvalue weighted by Crippen LogP contribution is 2.37. The van der Waals surface area contributed by atoms with Crippen molar-refractivity contribution in [3.8, 4) is 0 Å². The van der Waals surface area contributed by atoms with Crippen molar-refractivity contribution in [2.75, 3.05) is 33.2 Å². The van der Waals surface area contributed by atoms with Gasteiger partial charge in [0.1, 0.15) is 0 Å². The number of hydrogen-bond donors (Lipinski definition) is 0. The molecule has 1 heterocycles. The van der Waals surface area contributed by atoms with E-state index in [2.05, 4.69) is 29.5 Å². The van der Waals surface area contributed by atoms with Crippen molar-refractivity contribution >= 4 is 12.4 Å². The molecule has 2 nitrogen and oxygen atoms in total. The van der Waals surface area contributed by atoms with E-state index in [1.54, 1.807) is 0 Å². The molecule has 100 valence electrons. The zero-order valence-corrected chi connectivity index (χ0v) is 12.0. The Morgan fingerprint density at radius 2 is 1.65 bits per heavy atom. The second-order valence-corrected chi connectivity index (χ2v) is 5.57. The summed E-state index contributed by atoms with van der Waals surface area (Å²) < 4.78 is 0. The summed E-state index contributed by atoms with van der Waals surface area (Å²) in [6.07, 6.45) is 10.4. The highest BCUT2D eigenvalue weighted by atomic mass is 35.5. The van der Waals surface area contributed by atoms with E-state index in [-0.39, 0.29) is 12.4 Å². The van der Waals surface area contributed by atoms with Gasteiger partial charge in [0.2, 0.25) is 0 Å². The minimum absolute atomic E-state index is 0. The third kappa shape index (κ3) is 3.46. The molecule has 0 atom stereocenters. The smallest absolute Gasteiger partial charge is 0.0244 e. The predicted octanol–water partition coefficient (Wildman–Crippen LogP) is 2.93. The van der Waals surface area contributed by atoms with Gasteiger partial charge < -0.3 is 4.90 Å². The van der Waals surface area contributed by atoms with Gasteiger partial charge in [0, 0.05) is 31.7 Å². The molecule has 0 amide bonds. The van der Waals surface area contributed by atoms with Crippen LogP contribution in [0.25, 0.3) is 0 Å². The molecule has 2 aliphatic rings. The van der Waals surface area contributed by atoms with Gasteiger partial charge in [0.05, 0.1) is 0 Å². The second-order valence-electron chi connectivity index (χ2n) is 5.57. The molecule has 3 heteroatoms. The molecule has 0 bridgehead atoms. The van der Waals surface area contributed by atoms with Crippen molar-refractivity contribution in [3.05, 3.63) is 12.7 Å². The number of piperazine rings is 1. The summed E-state index contributed by atoms with van der Waals surface area (Å²) in [6, 6.07) is 0. The predicted molar refractivity (Wildman–Crippen MR) is 76.9 cm³/mol. The Balaban J connectivity index is 0.00000144. The van der Waals surface area contributed by atoms with E-state index in [4.69, 9.17) is 0 Å². The summed E-state index contributed by atoms with van der Waals surface area (Å²) in [5.74, 6) is 0. The van der Waals surface area contributed by atoms with E-state index in [0.29, 0.717) is 5.54 Å².